The quantitative estimate of drug-likeness (QED) is 0.207. The molecular weight excluding hydrogens is 673 g/mol. The van der Waals surface area contributed by atoms with E-state index < -0.39 is 41.8 Å². The van der Waals surface area contributed by atoms with Gasteiger partial charge in [0.05, 0.1) is 25.2 Å². The molecule has 1 aromatic carbocycles. The van der Waals surface area contributed by atoms with Crippen molar-refractivity contribution in [2.45, 2.75) is 97.4 Å². The molecule has 2 aliphatic rings. The summed E-state index contributed by atoms with van der Waals surface area (Å²) < 4.78 is 11.3. The van der Waals surface area contributed by atoms with E-state index in [2.05, 4.69) is 10.3 Å². The van der Waals surface area contributed by atoms with Crippen LogP contribution in [0.5, 0.6) is 0 Å². The number of rotatable bonds is 18. The van der Waals surface area contributed by atoms with Crippen LogP contribution in [-0.2, 0) is 35.1 Å². The Morgan fingerprint density at radius 3 is 2.39 bits per heavy atom. The SMILES string of the molecule is CC(=O)O[C@H](C[C@H](C(C)C)N(C)C(=O)[C@@H](CC(=O)[C@H]1COCCN1C)C1CC1)c1nc(C(=O)N[C@@H](Cc2ccc(C)cc2)C[C@H](C)C(=O)O)cs1. The van der Waals surface area contributed by atoms with Crippen LogP contribution in [-0.4, -0.2) is 101 Å². The smallest absolute Gasteiger partial charge is 0.306 e. The Morgan fingerprint density at radius 2 is 1.80 bits per heavy atom. The number of carboxylic acid groups (broad SMARTS) is 1. The number of ketones is 1. The summed E-state index contributed by atoms with van der Waals surface area (Å²) in [5.41, 5.74) is 2.21. The highest BCUT2D eigenvalue weighted by Gasteiger charge is 2.42. The zero-order valence-electron chi connectivity index (χ0n) is 30.9. The van der Waals surface area contributed by atoms with E-state index in [-0.39, 0.29) is 60.6 Å². The molecular formula is C38H54N4O8S. The standard InChI is InChI=1S/C38H54N4O8S/c1-22(2)31(42(7)37(46)29(27-12-13-27)18-33(44)32-20-49-15-14-41(32)6)19-34(50-25(5)43)36-40-30(21-51-36)35(45)39-28(16-24(4)38(47)48)17-26-10-8-23(3)9-11-26/h8-11,21-22,24,27-29,31-32,34H,12-20H2,1-7H3,(H,39,45)(H,47,48)/t24-,28+,29-,31+,32+,34+/m0/s1. The first-order chi connectivity index (χ1) is 24.1. The van der Waals surface area contributed by atoms with Crippen molar-refractivity contribution in [2.75, 3.05) is 33.9 Å². The van der Waals surface area contributed by atoms with Crippen molar-refractivity contribution < 1.29 is 38.6 Å². The molecule has 280 valence electrons. The highest BCUT2D eigenvalue weighted by atomic mass is 32.1. The van der Waals surface area contributed by atoms with Crippen LogP contribution in [0.1, 0.15) is 92.5 Å². The minimum atomic E-state index is -0.942. The van der Waals surface area contributed by atoms with Gasteiger partial charge in [-0.05, 0) is 57.1 Å². The molecule has 13 heteroatoms. The van der Waals surface area contributed by atoms with E-state index in [0.29, 0.717) is 31.2 Å². The van der Waals surface area contributed by atoms with Gasteiger partial charge in [-0.1, -0.05) is 50.6 Å². The molecule has 1 saturated heterocycles. The first kappa shape index (κ1) is 40.1. The number of aromatic nitrogens is 1. The summed E-state index contributed by atoms with van der Waals surface area (Å²) in [6, 6.07) is 6.72. The van der Waals surface area contributed by atoms with Gasteiger partial charge in [-0.25, -0.2) is 4.98 Å². The Kier molecular flexibility index (Phi) is 14.3. The van der Waals surface area contributed by atoms with Crippen LogP contribution in [0.15, 0.2) is 29.6 Å². The van der Waals surface area contributed by atoms with Crippen LogP contribution in [0, 0.1) is 30.6 Å². The molecule has 2 aromatic rings. The van der Waals surface area contributed by atoms with Gasteiger partial charge in [0.1, 0.15) is 10.7 Å². The number of amides is 2. The highest BCUT2D eigenvalue weighted by Crippen LogP contribution is 2.41. The number of nitrogens with one attached hydrogen (secondary N) is 1. The second-order valence-electron chi connectivity index (χ2n) is 14.7. The average Bonchev–Trinajstić information content (AvgIpc) is 3.80. The molecule has 2 heterocycles. The lowest BCUT2D eigenvalue weighted by Crippen LogP contribution is -2.50. The normalized spacial score (nSPS) is 19.4. The molecule has 1 aliphatic heterocycles. The highest BCUT2D eigenvalue weighted by molar-refractivity contribution is 7.09. The number of nitrogens with zero attached hydrogens (tertiary/aromatic N) is 3. The van der Waals surface area contributed by atoms with Crippen LogP contribution >= 0.6 is 11.3 Å². The van der Waals surface area contributed by atoms with Crippen LogP contribution < -0.4 is 5.32 Å². The number of benzene rings is 1. The van der Waals surface area contributed by atoms with Gasteiger partial charge in [-0.2, -0.15) is 0 Å². The van der Waals surface area contributed by atoms with Gasteiger partial charge in [0.2, 0.25) is 5.91 Å². The molecule has 0 bridgehead atoms. The molecule has 2 fully saturated rings. The van der Waals surface area contributed by atoms with E-state index in [1.54, 1.807) is 24.3 Å². The summed E-state index contributed by atoms with van der Waals surface area (Å²) in [5, 5.41) is 14.6. The Morgan fingerprint density at radius 1 is 1.12 bits per heavy atom. The number of morpholine rings is 1. The van der Waals surface area contributed by atoms with E-state index in [9.17, 15) is 29.1 Å². The number of aliphatic carboxylic acids is 1. The molecule has 2 amide bonds. The lowest BCUT2D eigenvalue weighted by atomic mass is 9.90. The third kappa shape index (κ3) is 11.4. The largest absolute Gasteiger partial charge is 0.481 e. The fourth-order valence-electron chi connectivity index (χ4n) is 6.78. The summed E-state index contributed by atoms with van der Waals surface area (Å²) in [4.78, 5) is 73.2. The minimum Gasteiger partial charge on any atom is -0.481 e. The summed E-state index contributed by atoms with van der Waals surface area (Å²) in [6.45, 7) is 10.5. The molecule has 1 aliphatic carbocycles. The van der Waals surface area contributed by atoms with Gasteiger partial charge in [0.15, 0.2) is 11.9 Å². The Labute approximate surface area is 305 Å². The maximum absolute atomic E-state index is 14.1. The summed E-state index contributed by atoms with van der Waals surface area (Å²) in [6.07, 6.45) is 2.09. The summed E-state index contributed by atoms with van der Waals surface area (Å²) >= 11 is 1.19. The van der Waals surface area contributed by atoms with Crippen molar-refractivity contribution in [1.29, 1.82) is 0 Å². The molecule has 0 unspecified atom stereocenters. The first-order valence-corrected chi connectivity index (χ1v) is 18.8. The third-order valence-electron chi connectivity index (χ3n) is 10.1. The van der Waals surface area contributed by atoms with Crippen LogP contribution in [0.25, 0.3) is 0 Å². The number of esters is 1. The second-order valence-corrected chi connectivity index (χ2v) is 15.6. The molecule has 12 nitrogen and oxygen atoms in total. The number of hydrogen-bond donors (Lipinski definition) is 2. The number of carbonyl (C=O) groups excluding carboxylic acids is 4. The predicted octanol–water partition coefficient (Wildman–Crippen LogP) is 4.70. The van der Waals surface area contributed by atoms with Gasteiger partial charge in [0.25, 0.3) is 5.91 Å². The average molecular weight is 727 g/mol. The Hall–Kier alpha value is -3.68. The second kappa shape index (κ2) is 18.2. The number of carbonyl (C=O) groups is 5. The van der Waals surface area contributed by atoms with E-state index in [0.717, 1.165) is 24.0 Å². The number of likely N-dealkylation sites (N-methyl/N-ethyl adjacent to an activating group) is 1. The Bertz CT molecular complexity index is 1520. The molecule has 0 spiro atoms. The number of Topliss-reactive ketones (excluding diaryl/α,β-unsaturated/α-hetero) is 1. The van der Waals surface area contributed by atoms with Gasteiger partial charge in [0, 0.05) is 56.7 Å². The number of ether oxygens (including phenoxy) is 2. The van der Waals surface area contributed by atoms with E-state index in [1.807, 2.05) is 57.0 Å². The fraction of sp³-hybridized carbons (Fsp3) is 0.632. The molecule has 1 aromatic heterocycles. The van der Waals surface area contributed by atoms with Gasteiger partial charge < -0.3 is 24.8 Å². The maximum Gasteiger partial charge on any atom is 0.306 e. The molecule has 2 N–H and O–H groups in total. The van der Waals surface area contributed by atoms with E-state index >= 15 is 0 Å². The fourth-order valence-corrected chi connectivity index (χ4v) is 7.62. The van der Waals surface area contributed by atoms with Gasteiger partial charge >= 0.3 is 11.9 Å². The zero-order chi connectivity index (χ0) is 37.4. The Balaban J connectivity index is 1.49. The summed E-state index contributed by atoms with van der Waals surface area (Å²) in [5.74, 6) is -2.96. The van der Waals surface area contributed by atoms with E-state index in [1.165, 1.54) is 18.3 Å². The van der Waals surface area contributed by atoms with Crippen molar-refractivity contribution in [1.82, 2.24) is 20.1 Å². The van der Waals surface area contributed by atoms with Crippen molar-refractivity contribution >= 4 is 40.9 Å². The first-order valence-electron chi connectivity index (χ1n) is 17.9. The van der Waals surface area contributed by atoms with Crippen molar-refractivity contribution in [3.63, 3.8) is 0 Å². The molecule has 6 atom stereocenters. The monoisotopic (exact) mass is 726 g/mol. The zero-order valence-corrected chi connectivity index (χ0v) is 31.7. The predicted molar refractivity (Wildman–Crippen MR) is 193 cm³/mol. The molecule has 4 rings (SSSR count). The van der Waals surface area contributed by atoms with Crippen LogP contribution in [0.3, 0.4) is 0 Å². The molecule has 51 heavy (non-hydrogen) atoms. The lowest BCUT2D eigenvalue weighted by Gasteiger charge is -2.36. The number of aryl methyl sites for hydroxylation is 1. The number of thiazole rings is 1. The van der Waals surface area contributed by atoms with E-state index in [4.69, 9.17) is 9.47 Å². The van der Waals surface area contributed by atoms with Crippen LogP contribution in [0.2, 0.25) is 0 Å². The van der Waals surface area contributed by atoms with Crippen molar-refractivity contribution in [3.05, 3.63) is 51.5 Å². The maximum atomic E-state index is 14.1. The lowest BCUT2D eigenvalue weighted by molar-refractivity contribution is -0.149. The number of carboxylic acids is 1. The van der Waals surface area contributed by atoms with Crippen molar-refractivity contribution in [2.24, 2.45) is 23.7 Å². The van der Waals surface area contributed by atoms with Crippen LogP contribution in [0.4, 0.5) is 0 Å². The van der Waals surface area contributed by atoms with Crippen molar-refractivity contribution in [3.8, 4) is 0 Å². The molecule has 0 radical (unpaired) electrons. The third-order valence-corrected chi connectivity index (χ3v) is 11.0. The topological polar surface area (TPSA) is 155 Å². The van der Waals surface area contributed by atoms with Gasteiger partial charge in [-0.15, -0.1) is 11.3 Å². The summed E-state index contributed by atoms with van der Waals surface area (Å²) in [7, 11) is 3.66. The van der Waals surface area contributed by atoms with Gasteiger partial charge in [-0.3, -0.25) is 28.9 Å². The number of hydrogen-bond acceptors (Lipinski definition) is 10. The molecule has 1 saturated carbocycles. The minimum absolute atomic E-state index is 0.0156.